The van der Waals surface area contributed by atoms with Gasteiger partial charge in [0, 0.05) is 50.5 Å². The van der Waals surface area contributed by atoms with Crippen LogP contribution in [0.15, 0.2) is 12.4 Å². The molecule has 1 aliphatic rings. The SMILES string of the molecule is CCn1cc(C(C)N2CCN(CC(=O)O)CC2)cn1. The molecular formula is C13H22N4O2. The average molecular weight is 266 g/mol. The summed E-state index contributed by atoms with van der Waals surface area (Å²) in [5.74, 6) is -0.745. The molecule has 0 aliphatic carbocycles. The Labute approximate surface area is 113 Å². The van der Waals surface area contributed by atoms with Crippen molar-refractivity contribution in [2.45, 2.75) is 26.4 Å². The molecule has 0 radical (unpaired) electrons. The van der Waals surface area contributed by atoms with Gasteiger partial charge in [0.25, 0.3) is 0 Å². The van der Waals surface area contributed by atoms with Gasteiger partial charge in [-0.25, -0.2) is 0 Å². The first kappa shape index (κ1) is 14.0. The number of hydrogen-bond donors (Lipinski definition) is 1. The number of carboxylic acids is 1. The largest absolute Gasteiger partial charge is 0.480 e. The van der Waals surface area contributed by atoms with E-state index in [1.165, 1.54) is 5.56 Å². The second-order valence-corrected chi connectivity index (χ2v) is 5.01. The number of nitrogens with zero attached hydrogens (tertiary/aromatic N) is 4. The van der Waals surface area contributed by atoms with Gasteiger partial charge in [-0.3, -0.25) is 19.3 Å². The molecule has 1 aromatic heterocycles. The molecule has 1 saturated heterocycles. The van der Waals surface area contributed by atoms with Crippen molar-refractivity contribution in [1.29, 1.82) is 0 Å². The summed E-state index contributed by atoms with van der Waals surface area (Å²) in [5.41, 5.74) is 1.23. The van der Waals surface area contributed by atoms with Crippen molar-refractivity contribution in [3.8, 4) is 0 Å². The van der Waals surface area contributed by atoms with Crippen LogP contribution < -0.4 is 0 Å². The van der Waals surface area contributed by atoms with E-state index in [1.54, 1.807) is 0 Å². The maximum absolute atomic E-state index is 10.7. The van der Waals surface area contributed by atoms with E-state index >= 15 is 0 Å². The van der Waals surface area contributed by atoms with Crippen LogP contribution in [0.3, 0.4) is 0 Å². The van der Waals surface area contributed by atoms with Crippen molar-refractivity contribution in [2.75, 3.05) is 32.7 Å². The molecule has 106 valence electrons. The first-order valence-electron chi connectivity index (χ1n) is 6.80. The third-order valence-electron chi connectivity index (χ3n) is 3.77. The summed E-state index contributed by atoms with van der Waals surface area (Å²) >= 11 is 0. The summed E-state index contributed by atoms with van der Waals surface area (Å²) in [5, 5.41) is 13.1. The molecule has 2 heterocycles. The molecule has 6 nitrogen and oxygen atoms in total. The molecule has 0 spiro atoms. The Bertz CT molecular complexity index is 424. The van der Waals surface area contributed by atoms with E-state index in [9.17, 15) is 4.79 Å². The van der Waals surface area contributed by atoms with Gasteiger partial charge < -0.3 is 5.11 Å². The molecule has 1 fully saturated rings. The van der Waals surface area contributed by atoms with E-state index < -0.39 is 5.97 Å². The van der Waals surface area contributed by atoms with Gasteiger partial charge in [0.2, 0.25) is 0 Å². The minimum atomic E-state index is -0.745. The Hall–Kier alpha value is -1.40. The number of aromatic nitrogens is 2. The zero-order valence-electron chi connectivity index (χ0n) is 11.6. The van der Waals surface area contributed by atoms with Gasteiger partial charge in [0.05, 0.1) is 12.7 Å². The summed E-state index contributed by atoms with van der Waals surface area (Å²) < 4.78 is 1.94. The third kappa shape index (κ3) is 3.54. The maximum atomic E-state index is 10.7. The number of hydrogen-bond acceptors (Lipinski definition) is 4. The fourth-order valence-electron chi connectivity index (χ4n) is 2.48. The first-order chi connectivity index (χ1) is 9.10. The topological polar surface area (TPSA) is 61.6 Å². The summed E-state index contributed by atoms with van der Waals surface area (Å²) in [7, 11) is 0. The van der Waals surface area contributed by atoms with Crippen molar-refractivity contribution >= 4 is 5.97 Å². The highest BCUT2D eigenvalue weighted by Crippen LogP contribution is 2.20. The van der Waals surface area contributed by atoms with E-state index in [1.807, 2.05) is 15.8 Å². The van der Waals surface area contributed by atoms with Crippen LogP contribution in [0.4, 0.5) is 0 Å². The van der Waals surface area contributed by atoms with Crippen LogP contribution in [0.2, 0.25) is 0 Å². The normalized spacial score (nSPS) is 19.5. The van der Waals surface area contributed by atoms with Gasteiger partial charge in [0.15, 0.2) is 0 Å². The second-order valence-electron chi connectivity index (χ2n) is 5.01. The molecule has 1 unspecified atom stereocenters. The highest BCUT2D eigenvalue weighted by molar-refractivity contribution is 5.69. The highest BCUT2D eigenvalue weighted by Gasteiger charge is 2.23. The number of rotatable bonds is 5. The Balaban J connectivity index is 1.88. The summed E-state index contributed by atoms with van der Waals surface area (Å²) in [4.78, 5) is 15.0. The smallest absolute Gasteiger partial charge is 0.317 e. The lowest BCUT2D eigenvalue weighted by molar-refractivity contribution is -0.138. The van der Waals surface area contributed by atoms with Crippen molar-refractivity contribution in [3.05, 3.63) is 18.0 Å². The van der Waals surface area contributed by atoms with Crippen LogP contribution in [0.5, 0.6) is 0 Å². The Morgan fingerprint density at radius 1 is 1.42 bits per heavy atom. The van der Waals surface area contributed by atoms with Gasteiger partial charge in [-0.1, -0.05) is 0 Å². The minimum absolute atomic E-state index is 0.149. The minimum Gasteiger partial charge on any atom is -0.480 e. The third-order valence-corrected chi connectivity index (χ3v) is 3.77. The van der Waals surface area contributed by atoms with Crippen molar-refractivity contribution < 1.29 is 9.90 Å². The van der Waals surface area contributed by atoms with Crippen molar-refractivity contribution in [3.63, 3.8) is 0 Å². The number of carbonyl (C=O) groups is 1. The van der Waals surface area contributed by atoms with Crippen LogP contribution >= 0.6 is 0 Å². The quantitative estimate of drug-likeness (QED) is 0.848. The first-order valence-corrected chi connectivity index (χ1v) is 6.80. The van der Waals surface area contributed by atoms with Gasteiger partial charge in [-0.2, -0.15) is 5.10 Å². The fourth-order valence-corrected chi connectivity index (χ4v) is 2.48. The molecular weight excluding hydrogens is 244 g/mol. The lowest BCUT2D eigenvalue weighted by Crippen LogP contribution is -2.48. The van der Waals surface area contributed by atoms with Gasteiger partial charge in [0.1, 0.15) is 0 Å². The standard InChI is InChI=1S/C13H22N4O2/c1-3-17-9-12(8-14-17)11(2)16-6-4-15(5-7-16)10-13(18)19/h8-9,11H,3-7,10H2,1-2H3,(H,18,19). The number of carboxylic acid groups (broad SMARTS) is 1. The number of piperazine rings is 1. The van der Waals surface area contributed by atoms with E-state index in [-0.39, 0.29) is 6.54 Å². The molecule has 0 aromatic carbocycles. The lowest BCUT2D eigenvalue weighted by Gasteiger charge is -2.37. The van der Waals surface area contributed by atoms with Crippen LogP contribution in [0.25, 0.3) is 0 Å². The Kier molecular flexibility index (Phi) is 4.55. The zero-order chi connectivity index (χ0) is 13.8. The molecule has 1 atom stereocenters. The molecule has 6 heteroatoms. The molecule has 19 heavy (non-hydrogen) atoms. The lowest BCUT2D eigenvalue weighted by atomic mass is 10.1. The molecule has 0 amide bonds. The fraction of sp³-hybridized carbons (Fsp3) is 0.692. The van der Waals surface area contributed by atoms with Crippen LogP contribution in [-0.4, -0.2) is 63.4 Å². The van der Waals surface area contributed by atoms with Crippen molar-refractivity contribution in [1.82, 2.24) is 19.6 Å². The molecule has 2 rings (SSSR count). The Morgan fingerprint density at radius 2 is 2.11 bits per heavy atom. The monoisotopic (exact) mass is 266 g/mol. The van der Waals surface area contributed by atoms with Crippen LogP contribution in [0.1, 0.15) is 25.5 Å². The molecule has 1 aliphatic heterocycles. The van der Waals surface area contributed by atoms with E-state index in [0.717, 1.165) is 32.7 Å². The predicted octanol–water partition coefficient (Wildman–Crippen LogP) is 0.666. The Morgan fingerprint density at radius 3 is 2.63 bits per heavy atom. The average Bonchev–Trinajstić information content (AvgIpc) is 2.87. The molecule has 1 N–H and O–H groups in total. The van der Waals surface area contributed by atoms with Gasteiger partial charge >= 0.3 is 5.97 Å². The maximum Gasteiger partial charge on any atom is 0.317 e. The van der Waals surface area contributed by atoms with E-state index in [0.29, 0.717) is 6.04 Å². The summed E-state index contributed by atoms with van der Waals surface area (Å²) in [6, 6.07) is 0.340. The van der Waals surface area contributed by atoms with E-state index in [4.69, 9.17) is 5.11 Å². The van der Waals surface area contributed by atoms with Crippen LogP contribution in [-0.2, 0) is 11.3 Å². The van der Waals surface area contributed by atoms with Gasteiger partial charge in [-0.15, -0.1) is 0 Å². The molecule has 1 aromatic rings. The second kappa shape index (κ2) is 6.16. The number of aliphatic carboxylic acids is 1. The van der Waals surface area contributed by atoms with Gasteiger partial charge in [-0.05, 0) is 13.8 Å². The molecule has 0 saturated carbocycles. The number of aryl methyl sites for hydroxylation is 1. The van der Waals surface area contributed by atoms with E-state index in [2.05, 4.69) is 30.0 Å². The summed E-state index contributed by atoms with van der Waals surface area (Å²) in [6.45, 7) is 8.75. The van der Waals surface area contributed by atoms with Crippen LogP contribution in [0, 0.1) is 0 Å². The summed E-state index contributed by atoms with van der Waals surface area (Å²) in [6.07, 6.45) is 4.02. The van der Waals surface area contributed by atoms with Crippen molar-refractivity contribution in [2.24, 2.45) is 0 Å². The molecule has 0 bridgehead atoms. The zero-order valence-corrected chi connectivity index (χ0v) is 11.6. The predicted molar refractivity (Wildman–Crippen MR) is 72.0 cm³/mol. The highest BCUT2D eigenvalue weighted by atomic mass is 16.4.